The van der Waals surface area contributed by atoms with E-state index in [0.29, 0.717) is 5.69 Å². The fourth-order valence-electron chi connectivity index (χ4n) is 4.65. The number of amides is 1. The van der Waals surface area contributed by atoms with E-state index in [1.807, 2.05) is 36.4 Å². The van der Waals surface area contributed by atoms with Crippen LogP contribution < -0.4 is 11.1 Å². The van der Waals surface area contributed by atoms with Gasteiger partial charge in [-0.3, -0.25) is 4.79 Å². The maximum Gasteiger partial charge on any atom is 0.396 e. The molecule has 2 atom stereocenters. The Labute approximate surface area is 213 Å². The molecule has 4 N–H and O–H groups in total. The molecule has 0 bridgehead atoms. The first-order valence-corrected chi connectivity index (χ1v) is 11.7. The molecule has 2 aromatic carbocycles. The largest absolute Gasteiger partial charge is 0.399 e. The zero-order chi connectivity index (χ0) is 27.0. The number of nitriles is 1. The van der Waals surface area contributed by atoms with Crippen molar-refractivity contribution >= 4 is 23.0 Å². The molecule has 0 aromatic heterocycles. The number of halogens is 3. The van der Waals surface area contributed by atoms with Crippen LogP contribution in [0.25, 0.3) is 0 Å². The fourth-order valence-corrected chi connectivity index (χ4v) is 4.65. The lowest BCUT2D eigenvalue weighted by molar-refractivity contribution is -0.162. The number of nitrogens with one attached hydrogen (secondary N) is 1. The number of aliphatic hydroxyl groups is 1. The Morgan fingerprint density at radius 2 is 1.84 bits per heavy atom. The number of aliphatic hydroxyl groups excluding tert-OH is 1. The zero-order valence-corrected chi connectivity index (χ0v) is 20.4. The number of anilines is 3. The maximum absolute atomic E-state index is 13.6. The van der Waals surface area contributed by atoms with Crippen LogP contribution in [-0.2, 0) is 11.3 Å². The van der Waals surface area contributed by atoms with Crippen LogP contribution in [0.15, 0.2) is 83.5 Å². The summed E-state index contributed by atoms with van der Waals surface area (Å²) in [5, 5.41) is 23.7. The van der Waals surface area contributed by atoms with E-state index in [4.69, 9.17) is 11.0 Å². The lowest BCUT2D eigenvalue weighted by atomic mass is 9.77. The van der Waals surface area contributed by atoms with Crippen LogP contribution in [0.4, 0.5) is 30.2 Å². The molecule has 9 heteroatoms. The monoisotopic (exact) mass is 508 g/mol. The van der Waals surface area contributed by atoms with Crippen molar-refractivity contribution in [2.24, 2.45) is 5.92 Å². The number of para-hydroxylation sites is 1. The minimum atomic E-state index is -4.62. The van der Waals surface area contributed by atoms with Crippen molar-refractivity contribution in [2.45, 2.75) is 44.6 Å². The molecule has 6 nitrogen and oxygen atoms in total. The third-order valence-electron chi connectivity index (χ3n) is 6.90. The third kappa shape index (κ3) is 5.25. The average Bonchev–Trinajstić information content (AvgIpc) is 2.85. The molecule has 37 heavy (non-hydrogen) atoms. The molecule has 1 amide bonds. The van der Waals surface area contributed by atoms with Gasteiger partial charge >= 0.3 is 6.18 Å². The quantitative estimate of drug-likeness (QED) is 0.471. The molecule has 1 aliphatic heterocycles. The van der Waals surface area contributed by atoms with Crippen LogP contribution in [0, 0.1) is 17.2 Å². The molecule has 192 valence electrons. The van der Waals surface area contributed by atoms with Crippen molar-refractivity contribution in [1.29, 1.82) is 5.26 Å². The van der Waals surface area contributed by atoms with Crippen LogP contribution >= 0.6 is 0 Å². The summed E-state index contributed by atoms with van der Waals surface area (Å²) >= 11 is 0. The van der Waals surface area contributed by atoms with Gasteiger partial charge in [-0.15, -0.1) is 0 Å². The molecule has 0 fully saturated rings. The Morgan fingerprint density at radius 1 is 1.16 bits per heavy atom. The molecule has 0 saturated carbocycles. The van der Waals surface area contributed by atoms with Crippen molar-refractivity contribution in [3.63, 3.8) is 0 Å². The van der Waals surface area contributed by atoms with E-state index in [-0.39, 0.29) is 23.3 Å². The van der Waals surface area contributed by atoms with Gasteiger partial charge < -0.3 is 21.1 Å². The Kier molecular flexibility index (Phi) is 6.89. The van der Waals surface area contributed by atoms with Gasteiger partial charge in [-0.2, -0.15) is 18.4 Å². The number of nitrogens with two attached hydrogens (primary N) is 1. The van der Waals surface area contributed by atoms with Crippen LogP contribution in [0.1, 0.15) is 25.8 Å². The van der Waals surface area contributed by atoms with E-state index in [1.54, 1.807) is 32.0 Å². The van der Waals surface area contributed by atoms with Crippen molar-refractivity contribution in [1.82, 2.24) is 4.90 Å². The molecule has 0 radical (unpaired) electrons. The minimum Gasteiger partial charge on any atom is -0.399 e. The molecule has 1 heterocycles. The van der Waals surface area contributed by atoms with Crippen molar-refractivity contribution < 1.29 is 23.1 Å². The number of allylic oxidation sites excluding steroid dienone is 3. The van der Waals surface area contributed by atoms with Crippen molar-refractivity contribution in [3.8, 4) is 6.07 Å². The number of hydrogen-bond acceptors (Lipinski definition) is 5. The Bertz CT molecular complexity index is 1330. The molecular weight excluding hydrogens is 481 g/mol. The van der Waals surface area contributed by atoms with E-state index < -0.39 is 36.1 Å². The average molecular weight is 509 g/mol. The van der Waals surface area contributed by atoms with Gasteiger partial charge in [-0.05, 0) is 73.4 Å². The highest BCUT2D eigenvalue weighted by Crippen LogP contribution is 2.43. The van der Waals surface area contributed by atoms with Gasteiger partial charge in [0.05, 0.1) is 17.5 Å². The van der Waals surface area contributed by atoms with Gasteiger partial charge in [0, 0.05) is 35.3 Å². The van der Waals surface area contributed by atoms with E-state index >= 15 is 0 Å². The number of rotatable bonds is 5. The van der Waals surface area contributed by atoms with E-state index in [2.05, 4.69) is 5.32 Å². The highest BCUT2D eigenvalue weighted by atomic mass is 19.4. The molecule has 2 unspecified atom stereocenters. The third-order valence-corrected chi connectivity index (χ3v) is 6.90. The molecule has 1 aliphatic carbocycles. The first-order chi connectivity index (χ1) is 17.4. The highest BCUT2D eigenvalue weighted by Gasteiger charge is 2.47. The summed E-state index contributed by atoms with van der Waals surface area (Å²) in [7, 11) is 0. The summed E-state index contributed by atoms with van der Waals surface area (Å²) in [5.74, 6) is -2.40. The Morgan fingerprint density at radius 3 is 2.49 bits per heavy atom. The second-order valence-corrected chi connectivity index (χ2v) is 9.71. The molecule has 0 saturated heterocycles. The summed E-state index contributed by atoms with van der Waals surface area (Å²) in [6.07, 6.45) is -2.65. The molecule has 2 aliphatic rings. The predicted molar refractivity (Wildman–Crippen MR) is 135 cm³/mol. The highest BCUT2D eigenvalue weighted by molar-refractivity contribution is 5.91. The maximum atomic E-state index is 13.6. The number of nitrogens with zero attached hydrogens (tertiary/aromatic N) is 2. The number of benzene rings is 2. The van der Waals surface area contributed by atoms with Gasteiger partial charge in [0.2, 0.25) is 5.91 Å². The van der Waals surface area contributed by atoms with Crippen LogP contribution in [0.3, 0.4) is 0 Å². The van der Waals surface area contributed by atoms with Gasteiger partial charge in [0.15, 0.2) is 0 Å². The minimum absolute atomic E-state index is 0.141. The summed E-state index contributed by atoms with van der Waals surface area (Å²) in [6, 6.07) is 16.2. The number of nitrogen functional groups attached to an aromatic ring is 1. The topological polar surface area (TPSA) is 102 Å². The second-order valence-electron chi connectivity index (χ2n) is 9.71. The first kappa shape index (κ1) is 26.0. The van der Waals surface area contributed by atoms with Crippen LogP contribution in [-0.4, -0.2) is 33.7 Å². The standard InChI is InChI=1S/C28H27F3N4O2/c1-27(2)26(37)22(17-7-8-18(15-32)23(13-17)28(29,30)31)14-25(36)35(27)16-19-5-3-4-6-24(19)34-21-11-9-20(33)10-12-21/h3-12,14,23,26,34,37H,13,16,33H2,1-2H3. The Balaban J connectivity index is 1.63. The fraction of sp³-hybridized carbons (Fsp3) is 0.286. The SMILES string of the molecule is CC1(C)C(O)C(C2=CC=C(C#N)C(C(F)(F)F)C2)=CC(=O)N1Cc1ccccc1Nc1ccc(N)cc1. The van der Waals surface area contributed by atoms with Gasteiger partial charge in [-0.25, -0.2) is 0 Å². The second kappa shape index (κ2) is 9.79. The van der Waals surface area contributed by atoms with Crippen LogP contribution in [0.2, 0.25) is 0 Å². The summed E-state index contributed by atoms with van der Waals surface area (Å²) in [4.78, 5) is 14.8. The van der Waals surface area contributed by atoms with Gasteiger partial charge in [0.1, 0.15) is 6.10 Å². The van der Waals surface area contributed by atoms with E-state index in [0.717, 1.165) is 23.0 Å². The first-order valence-electron chi connectivity index (χ1n) is 11.7. The number of carbonyl (C=O) groups is 1. The number of alkyl halides is 3. The van der Waals surface area contributed by atoms with Crippen LogP contribution in [0.5, 0.6) is 0 Å². The predicted octanol–water partition coefficient (Wildman–Crippen LogP) is 5.38. The van der Waals surface area contributed by atoms with Crippen molar-refractivity contribution in [2.75, 3.05) is 11.1 Å². The lowest BCUT2D eigenvalue weighted by Crippen LogP contribution is -2.58. The molecule has 2 aromatic rings. The Hall–Kier alpha value is -4.03. The van der Waals surface area contributed by atoms with E-state index in [9.17, 15) is 23.1 Å². The normalized spacial score (nSPS) is 21.5. The smallest absolute Gasteiger partial charge is 0.396 e. The summed E-state index contributed by atoms with van der Waals surface area (Å²) in [6.45, 7) is 3.52. The molecule has 4 rings (SSSR count). The molecule has 0 spiro atoms. The van der Waals surface area contributed by atoms with Crippen molar-refractivity contribution in [3.05, 3.63) is 89.0 Å². The molecular formula is C28H27F3N4O2. The lowest BCUT2D eigenvalue weighted by Gasteiger charge is -2.46. The van der Waals surface area contributed by atoms with Gasteiger partial charge in [-0.1, -0.05) is 24.3 Å². The number of hydrogen-bond donors (Lipinski definition) is 3. The zero-order valence-electron chi connectivity index (χ0n) is 20.4. The number of carbonyl (C=O) groups excluding carboxylic acids is 1. The summed E-state index contributed by atoms with van der Waals surface area (Å²) < 4.78 is 40.7. The summed E-state index contributed by atoms with van der Waals surface area (Å²) in [5.41, 5.74) is 7.58. The van der Waals surface area contributed by atoms with E-state index in [1.165, 1.54) is 17.1 Å². The van der Waals surface area contributed by atoms with Gasteiger partial charge in [0.25, 0.3) is 0 Å².